The van der Waals surface area contributed by atoms with E-state index in [0.29, 0.717) is 17.4 Å². The second-order valence-electron chi connectivity index (χ2n) is 9.87. The van der Waals surface area contributed by atoms with E-state index in [9.17, 15) is 14.4 Å². The van der Waals surface area contributed by atoms with Gasteiger partial charge in [0.1, 0.15) is 18.2 Å². The Hall–Kier alpha value is -2.83. The Morgan fingerprint density at radius 1 is 1.12 bits per heavy atom. The Kier molecular flexibility index (Phi) is 8.75. The lowest BCUT2D eigenvalue weighted by molar-refractivity contribution is -0.163. The molecule has 0 saturated heterocycles. The van der Waals surface area contributed by atoms with Crippen LogP contribution in [-0.4, -0.2) is 36.3 Å². The first-order valence-electron chi connectivity index (χ1n) is 12.3. The predicted octanol–water partition coefficient (Wildman–Crippen LogP) is 4.94. The van der Waals surface area contributed by atoms with Crippen molar-refractivity contribution in [3.05, 3.63) is 47.5 Å². The number of ether oxygens (including phenoxy) is 3. The first-order valence-corrected chi connectivity index (χ1v) is 12.3. The summed E-state index contributed by atoms with van der Waals surface area (Å²) in [5.74, 6) is 0.0970. The van der Waals surface area contributed by atoms with E-state index in [-0.39, 0.29) is 38.1 Å². The summed E-state index contributed by atoms with van der Waals surface area (Å²) in [7, 11) is 0. The molecule has 2 aliphatic carbocycles. The summed E-state index contributed by atoms with van der Waals surface area (Å²) in [6, 6.07) is 9.30. The van der Waals surface area contributed by atoms with Crippen LogP contribution in [0.25, 0.3) is 0 Å². The smallest absolute Gasteiger partial charge is 0.408 e. The zero-order valence-corrected chi connectivity index (χ0v) is 20.7. The molecule has 4 atom stereocenters. The standard InChI is InChI=1S/C27H37NO6/c1-5-32-24(29)21-13-14-27(16-21,28-26(31)33-17-20-9-7-6-8-10-20)25(30)34-23-15-19(4)11-12-22(23)18(2)3/h6-10,13,18-19,22-23H,5,11-12,14-17H2,1-4H3,(H,28,31)/t19-,22+,23-,27-/m1/s1. The molecule has 7 heteroatoms. The third-order valence-electron chi connectivity index (χ3n) is 6.89. The number of alkyl carbamates (subject to hydrolysis) is 1. The highest BCUT2D eigenvalue weighted by atomic mass is 16.6. The van der Waals surface area contributed by atoms with E-state index in [2.05, 4.69) is 26.1 Å². The summed E-state index contributed by atoms with van der Waals surface area (Å²) >= 11 is 0. The van der Waals surface area contributed by atoms with Crippen LogP contribution >= 0.6 is 0 Å². The van der Waals surface area contributed by atoms with Crippen molar-refractivity contribution in [3.8, 4) is 0 Å². The van der Waals surface area contributed by atoms with Crippen molar-refractivity contribution in [1.29, 1.82) is 0 Å². The minimum absolute atomic E-state index is 0.0136. The van der Waals surface area contributed by atoms with Crippen LogP contribution in [0, 0.1) is 17.8 Å². The topological polar surface area (TPSA) is 90.9 Å². The minimum atomic E-state index is -1.39. The molecule has 1 aromatic carbocycles. The quantitative estimate of drug-likeness (QED) is 0.427. The molecule has 0 heterocycles. The maximum atomic E-state index is 13.6. The first-order chi connectivity index (χ1) is 16.2. The number of amides is 1. The molecular formula is C27H37NO6. The van der Waals surface area contributed by atoms with Crippen molar-refractivity contribution in [2.45, 2.75) is 78.0 Å². The Labute approximate surface area is 202 Å². The average Bonchev–Trinajstić information content (AvgIpc) is 3.24. The molecule has 186 valence electrons. The number of esters is 2. The van der Waals surface area contributed by atoms with Crippen LogP contribution in [0.5, 0.6) is 0 Å². The molecule has 1 aromatic rings. The second-order valence-corrected chi connectivity index (χ2v) is 9.87. The molecule has 0 spiro atoms. The van der Waals surface area contributed by atoms with Crippen LogP contribution in [0.4, 0.5) is 4.79 Å². The number of benzene rings is 1. The summed E-state index contributed by atoms with van der Waals surface area (Å²) in [6.07, 6.45) is 3.78. The van der Waals surface area contributed by atoms with E-state index in [1.165, 1.54) is 0 Å². The zero-order chi connectivity index (χ0) is 24.7. The van der Waals surface area contributed by atoms with Crippen molar-refractivity contribution in [1.82, 2.24) is 5.32 Å². The van der Waals surface area contributed by atoms with Crippen molar-refractivity contribution in [3.63, 3.8) is 0 Å². The number of nitrogens with one attached hydrogen (secondary N) is 1. The minimum Gasteiger partial charge on any atom is -0.463 e. The fourth-order valence-corrected chi connectivity index (χ4v) is 4.90. The molecule has 2 aliphatic rings. The molecular weight excluding hydrogens is 434 g/mol. The van der Waals surface area contributed by atoms with Gasteiger partial charge in [0.2, 0.25) is 0 Å². The van der Waals surface area contributed by atoms with E-state index < -0.39 is 23.6 Å². The Morgan fingerprint density at radius 3 is 2.53 bits per heavy atom. The molecule has 3 rings (SSSR count). The lowest BCUT2D eigenvalue weighted by atomic mass is 9.75. The van der Waals surface area contributed by atoms with Crippen LogP contribution < -0.4 is 5.32 Å². The number of hydrogen-bond donors (Lipinski definition) is 1. The molecule has 0 unspecified atom stereocenters. The lowest BCUT2D eigenvalue weighted by Gasteiger charge is -2.39. The molecule has 1 N–H and O–H groups in total. The van der Waals surface area contributed by atoms with Gasteiger partial charge in [-0.3, -0.25) is 0 Å². The Bertz CT molecular complexity index is 896. The van der Waals surface area contributed by atoms with Gasteiger partial charge in [-0.25, -0.2) is 14.4 Å². The summed E-state index contributed by atoms with van der Waals surface area (Å²) in [5, 5.41) is 2.74. The predicted molar refractivity (Wildman–Crippen MR) is 128 cm³/mol. The average molecular weight is 472 g/mol. The Morgan fingerprint density at radius 2 is 1.85 bits per heavy atom. The van der Waals surface area contributed by atoms with E-state index in [1.54, 1.807) is 13.0 Å². The van der Waals surface area contributed by atoms with E-state index in [1.807, 2.05) is 30.3 Å². The molecule has 34 heavy (non-hydrogen) atoms. The molecule has 0 aliphatic heterocycles. The molecule has 1 amide bonds. The first kappa shape index (κ1) is 25.8. The largest absolute Gasteiger partial charge is 0.463 e. The van der Waals surface area contributed by atoms with Crippen molar-refractivity contribution in [2.24, 2.45) is 17.8 Å². The van der Waals surface area contributed by atoms with Gasteiger partial charge in [0.25, 0.3) is 0 Å². The third kappa shape index (κ3) is 6.39. The highest BCUT2D eigenvalue weighted by Crippen LogP contribution is 2.38. The van der Waals surface area contributed by atoms with Gasteiger partial charge < -0.3 is 19.5 Å². The van der Waals surface area contributed by atoms with Gasteiger partial charge in [-0.05, 0) is 43.1 Å². The fourth-order valence-electron chi connectivity index (χ4n) is 4.90. The molecule has 7 nitrogen and oxygen atoms in total. The van der Waals surface area contributed by atoms with Crippen LogP contribution in [0.2, 0.25) is 0 Å². The number of rotatable bonds is 8. The van der Waals surface area contributed by atoms with Gasteiger partial charge in [0, 0.05) is 18.4 Å². The van der Waals surface area contributed by atoms with Gasteiger partial charge in [-0.2, -0.15) is 0 Å². The van der Waals surface area contributed by atoms with E-state index in [0.717, 1.165) is 24.8 Å². The monoisotopic (exact) mass is 471 g/mol. The lowest BCUT2D eigenvalue weighted by Crippen LogP contribution is -2.55. The van der Waals surface area contributed by atoms with Crippen LogP contribution in [0.1, 0.15) is 65.4 Å². The number of carbonyl (C=O) groups is 3. The van der Waals surface area contributed by atoms with Crippen LogP contribution in [-0.2, 0) is 30.4 Å². The van der Waals surface area contributed by atoms with Crippen molar-refractivity contribution < 1.29 is 28.6 Å². The van der Waals surface area contributed by atoms with Crippen molar-refractivity contribution in [2.75, 3.05) is 6.61 Å². The van der Waals surface area contributed by atoms with Crippen molar-refractivity contribution >= 4 is 18.0 Å². The van der Waals surface area contributed by atoms with Gasteiger partial charge in [-0.15, -0.1) is 0 Å². The highest BCUT2D eigenvalue weighted by Gasteiger charge is 2.48. The Balaban J connectivity index is 1.74. The van der Waals surface area contributed by atoms with Gasteiger partial charge in [0.15, 0.2) is 0 Å². The molecule has 0 aromatic heterocycles. The molecule has 0 radical (unpaired) electrons. The molecule has 1 saturated carbocycles. The summed E-state index contributed by atoms with van der Waals surface area (Å²) in [4.78, 5) is 38.6. The number of carbonyl (C=O) groups excluding carboxylic acids is 3. The van der Waals surface area contributed by atoms with Crippen LogP contribution in [0.15, 0.2) is 42.0 Å². The summed E-state index contributed by atoms with van der Waals surface area (Å²) in [6.45, 7) is 8.49. The SMILES string of the molecule is CCOC(=O)C1=CC[C@](NC(=O)OCc2ccccc2)(C(=O)O[C@@H]2C[C@H](C)CC[C@H]2C(C)C)C1. The summed E-state index contributed by atoms with van der Waals surface area (Å²) in [5.41, 5.74) is -0.195. The maximum absolute atomic E-state index is 13.6. The van der Waals surface area contributed by atoms with Gasteiger partial charge >= 0.3 is 18.0 Å². The fraction of sp³-hybridized carbons (Fsp3) is 0.593. The second kappa shape index (κ2) is 11.5. The third-order valence-corrected chi connectivity index (χ3v) is 6.89. The van der Waals surface area contributed by atoms with Crippen LogP contribution in [0.3, 0.4) is 0 Å². The van der Waals surface area contributed by atoms with E-state index >= 15 is 0 Å². The summed E-state index contributed by atoms with van der Waals surface area (Å²) < 4.78 is 16.6. The van der Waals surface area contributed by atoms with Gasteiger partial charge in [-0.1, -0.05) is 63.6 Å². The highest BCUT2D eigenvalue weighted by molar-refractivity contribution is 5.94. The zero-order valence-electron chi connectivity index (χ0n) is 20.7. The van der Waals surface area contributed by atoms with E-state index in [4.69, 9.17) is 14.2 Å². The molecule has 0 bridgehead atoms. The maximum Gasteiger partial charge on any atom is 0.408 e. The van der Waals surface area contributed by atoms with Gasteiger partial charge in [0.05, 0.1) is 6.61 Å². The molecule has 1 fully saturated rings. The number of hydrogen-bond acceptors (Lipinski definition) is 6. The normalized spacial score (nSPS) is 26.5.